The zero-order valence-corrected chi connectivity index (χ0v) is 21.6. The van der Waals surface area contributed by atoms with E-state index in [0.717, 1.165) is 43.4 Å². The molecule has 0 N–H and O–H groups in total. The van der Waals surface area contributed by atoms with E-state index in [9.17, 15) is 0 Å². The van der Waals surface area contributed by atoms with Crippen molar-refractivity contribution in [3.05, 3.63) is 30.3 Å². The Bertz CT molecular complexity index is 531. The van der Waals surface area contributed by atoms with Gasteiger partial charge < -0.3 is 0 Å². The van der Waals surface area contributed by atoms with E-state index in [0.29, 0.717) is 0 Å². The zero-order valence-electron chi connectivity index (χ0n) is 18.7. The second kappa shape index (κ2) is 9.68. The van der Waals surface area contributed by atoms with E-state index in [1.807, 2.05) is 3.58 Å². The quantitative estimate of drug-likeness (QED) is 0.393. The summed E-state index contributed by atoms with van der Waals surface area (Å²) in [6.07, 6.45) is 8.99. The average molecular weight is 474 g/mol. The molecule has 27 heavy (non-hydrogen) atoms. The molecule has 6 atom stereocenters. The predicted molar refractivity (Wildman–Crippen MR) is 122 cm³/mol. The molecule has 2 fully saturated rings. The Morgan fingerprint density at radius 1 is 0.704 bits per heavy atom. The Labute approximate surface area is 176 Å². The minimum absolute atomic E-state index is 0.861. The van der Waals surface area contributed by atoms with Gasteiger partial charge in [-0.1, -0.05) is 0 Å². The molecule has 1 aromatic carbocycles. The molecule has 0 nitrogen and oxygen atoms in total. The predicted octanol–water partition coefficient (Wildman–Crippen LogP) is 7.31. The summed E-state index contributed by atoms with van der Waals surface area (Å²) in [5, 5.41) is 0. The molecule has 0 aromatic heterocycles. The fraction of sp³-hybridized carbons (Fsp3) is 0.769. The van der Waals surface area contributed by atoms with E-state index in [1.54, 1.807) is 0 Å². The van der Waals surface area contributed by atoms with Gasteiger partial charge in [-0.15, -0.1) is 0 Å². The van der Waals surface area contributed by atoms with Crippen LogP contribution in [-0.4, -0.2) is 19.8 Å². The Morgan fingerprint density at radius 3 is 1.56 bits per heavy atom. The SMILES string of the molecule is CC(C)C1CC[C@@H](C)C[CH]1[Sn+]([c]1ccccc1)[CH]1C[C@H](C)CCC1C(C)C. The molecule has 4 unspecified atom stereocenters. The van der Waals surface area contributed by atoms with Gasteiger partial charge in [-0.25, -0.2) is 0 Å². The molecule has 2 aliphatic carbocycles. The first-order chi connectivity index (χ1) is 12.9. The average Bonchev–Trinajstić information content (AvgIpc) is 2.62. The molecule has 0 radical (unpaired) electrons. The van der Waals surface area contributed by atoms with Gasteiger partial charge in [0.1, 0.15) is 0 Å². The fourth-order valence-electron chi connectivity index (χ4n) is 6.45. The van der Waals surface area contributed by atoms with Crippen LogP contribution in [0.4, 0.5) is 0 Å². The Hall–Kier alpha value is 0.0187. The molecule has 2 aliphatic rings. The van der Waals surface area contributed by atoms with Crippen molar-refractivity contribution >= 4 is 23.3 Å². The summed E-state index contributed by atoms with van der Waals surface area (Å²) in [5.41, 5.74) is 0. The van der Waals surface area contributed by atoms with Crippen LogP contribution >= 0.6 is 0 Å². The Morgan fingerprint density at radius 2 is 1.15 bits per heavy atom. The Kier molecular flexibility index (Phi) is 7.79. The summed E-state index contributed by atoms with van der Waals surface area (Å²) in [6.45, 7) is 15.1. The van der Waals surface area contributed by atoms with Crippen LogP contribution in [0.5, 0.6) is 0 Å². The summed E-state index contributed by atoms with van der Waals surface area (Å²) in [7, 11) is 0. The molecular formula is C26H43Sn+. The van der Waals surface area contributed by atoms with Crippen LogP contribution in [0.25, 0.3) is 0 Å². The van der Waals surface area contributed by atoms with E-state index in [4.69, 9.17) is 0 Å². The standard InChI is InChI=1S/2C10H19.C6H5.Sn/c2*1-8(2)10-6-4-9(3)5-7-10;1-2-4-6-5-3-1;/h2*6,8-10H,4-5,7H2,1-3H3;1-5H;/q;;;+1/t2*9-,10?;;/m00../s1. The maximum absolute atomic E-state index is 2.54. The summed E-state index contributed by atoms with van der Waals surface area (Å²) in [6, 6.07) is 12.0. The molecule has 1 aromatic rings. The minimum atomic E-state index is -1.82. The van der Waals surface area contributed by atoms with Crippen LogP contribution in [0.15, 0.2) is 30.3 Å². The van der Waals surface area contributed by atoms with Crippen molar-refractivity contribution < 1.29 is 0 Å². The summed E-state index contributed by atoms with van der Waals surface area (Å²) in [5.74, 6) is 5.59. The molecule has 0 spiro atoms. The second-order valence-electron chi connectivity index (χ2n) is 10.7. The summed E-state index contributed by atoms with van der Waals surface area (Å²) >= 11 is -1.82. The van der Waals surface area contributed by atoms with Gasteiger partial charge in [-0.05, 0) is 0 Å². The van der Waals surface area contributed by atoms with Gasteiger partial charge in [-0.3, -0.25) is 0 Å². The number of hydrogen-bond acceptors (Lipinski definition) is 0. The molecule has 0 bridgehead atoms. The van der Waals surface area contributed by atoms with Gasteiger partial charge in [0, 0.05) is 0 Å². The monoisotopic (exact) mass is 475 g/mol. The first-order valence-corrected chi connectivity index (χ1v) is 16.5. The van der Waals surface area contributed by atoms with Crippen LogP contribution in [0, 0.1) is 35.5 Å². The van der Waals surface area contributed by atoms with Crippen molar-refractivity contribution in [1.29, 1.82) is 0 Å². The first-order valence-electron chi connectivity index (χ1n) is 11.8. The topological polar surface area (TPSA) is 0 Å². The first kappa shape index (κ1) is 21.7. The molecule has 0 heterocycles. The van der Waals surface area contributed by atoms with Crippen molar-refractivity contribution in [2.24, 2.45) is 35.5 Å². The van der Waals surface area contributed by atoms with Gasteiger partial charge in [0.25, 0.3) is 0 Å². The fourth-order valence-corrected chi connectivity index (χ4v) is 21.6. The van der Waals surface area contributed by atoms with Crippen molar-refractivity contribution in [2.45, 2.75) is 87.9 Å². The molecule has 0 saturated heterocycles. The number of rotatable bonds is 5. The van der Waals surface area contributed by atoms with E-state index < -0.39 is 19.8 Å². The molecule has 2 saturated carbocycles. The second-order valence-corrected chi connectivity index (χ2v) is 19.2. The van der Waals surface area contributed by atoms with Crippen molar-refractivity contribution in [3.8, 4) is 0 Å². The van der Waals surface area contributed by atoms with Crippen LogP contribution in [0.1, 0.15) is 80.1 Å². The summed E-state index contributed by atoms with van der Waals surface area (Å²) < 4.78 is 3.97. The van der Waals surface area contributed by atoms with Crippen LogP contribution in [0.3, 0.4) is 0 Å². The zero-order chi connectivity index (χ0) is 19.6. The van der Waals surface area contributed by atoms with Crippen LogP contribution < -0.4 is 3.58 Å². The van der Waals surface area contributed by atoms with Crippen molar-refractivity contribution in [1.82, 2.24) is 0 Å². The van der Waals surface area contributed by atoms with Gasteiger partial charge in [0.2, 0.25) is 0 Å². The Balaban J connectivity index is 2.02. The van der Waals surface area contributed by atoms with Gasteiger partial charge in [0.15, 0.2) is 0 Å². The number of benzene rings is 1. The van der Waals surface area contributed by atoms with Gasteiger partial charge in [-0.2, -0.15) is 0 Å². The van der Waals surface area contributed by atoms with Crippen LogP contribution in [-0.2, 0) is 0 Å². The van der Waals surface area contributed by atoms with E-state index >= 15 is 0 Å². The van der Waals surface area contributed by atoms with E-state index in [2.05, 4.69) is 71.9 Å². The van der Waals surface area contributed by atoms with Gasteiger partial charge >= 0.3 is 177 Å². The third kappa shape index (κ3) is 5.14. The maximum atomic E-state index is 2.54. The van der Waals surface area contributed by atoms with Crippen molar-refractivity contribution in [2.75, 3.05) is 0 Å². The molecular weight excluding hydrogens is 431 g/mol. The van der Waals surface area contributed by atoms with Crippen LogP contribution in [0.2, 0.25) is 7.87 Å². The molecule has 1 heteroatoms. The molecule has 0 amide bonds. The third-order valence-electron chi connectivity index (χ3n) is 7.95. The number of hydrogen-bond donors (Lipinski definition) is 0. The van der Waals surface area contributed by atoms with E-state index in [1.165, 1.54) is 38.5 Å². The molecule has 3 rings (SSSR count). The normalized spacial score (nSPS) is 34.8. The molecule has 150 valence electrons. The van der Waals surface area contributed by atoms with Gasteiger partial charge in [0.05, 0.1) is 0 Å². The molecule has 0 aliphatic heterocycles. The summed E-state index contributed by atoms with van der Waals surface area (Å²) in [4.78, 5) is 0. The third-order valence-corrected chi connectivity index (χ3v) is 19.2. The van der Waals surface area contributed by atoms with E-state index in [-0.39, 0.29) is 0 Å². The van der Waals surface area contributed by atoms with Crippen molar-refractivity contribution in [3.63, 3.8) is 0 Å².